The van der Waals surface area contributed by atoms with Gasteiger partial charge in [0.05, 0.1) is 11.2 Å². The van der Waals surface area contributed by atoms with Crippen LogP contribution in [0, 0.1) is 0 Å². The summed E-state index contributed by atoms with van der Waals surface area (Å²) in [4.78, 5) is 18.1. The quantitative estimate of drug-likeness (QED) is 0.320. The molecule has 0 bridgehead atoms. The van der Waals surface area contributed by atoms with E-state index in [0.717, 1.165) is 20.9 Å². The molecule has 166 valence electrons. The smallest absolute Gasteiger partial charge is 0.272 e. The zero-order chi connectivity index (χ0) is 23.1. The zero-order valence-corrected chi connectivity index (χ0v) is 19.0. The van der Waals surface area contributed by atoms with Gasteiger partial charge in [0.15, 0.2) is 12.3 Å². The van der Waals surface area contributed by atoms with E-state index in [0.29, 0.717) is 22.3 Å². The number of hydrogen-bond acceptors (Lipinski definition) is 4. The average molecular weight is 511 g/mol. The van der Waals surface area contributed by atoms with Crippen molar-refractivity contribution in [1.82, 2.24) is 19.3 Å². The fourth-order valence-corrected chi connectivity index (χ4v) is 4.01. The number of halogens is 3. The van der Waals surface area contributed by atoms with Gasteiger partial charge in [-0.15, -0.1) is 0 Å². The summed E-state index contributed by atoms with van der Waals surface area (Å²) < 4.78 is 34.4. The monoisotopic (exact) mass is 510 g/mol. The molecule has 0 unspecified atom stereocenters. The molecule has 3 heterocycles. The number of benzene rings is 2. The molecule has 2 aromatic carbocycles. The van der Waals surface area contributed by atoms with Crippen LogP contribution in [0.4, 0.5) is 8.78 Å². The van der Waals surface area contributed by atoms with E-state index in [2.05, 4.69) is 26.0 Å². The molecule has 33 heavy (non-hydrogen) atoms. The van der Waals surface area contributed by atoms with Crippen LogP contribution >= 0.6 is 15.9 Å². The van der Waals surface area contributed by atoms with Gasteiger partial charge in [-0.1, -0.05) is 22.0 Å². The highest BCUT2D eigenvalue weighted by Gasteiger charge is 2.16. The first kappa shape index (κ1) is 21.3. The lowest BCUT2D eigenvalue weighted by Crippen LogP contribution is -2.21. The van der Waals surface area contributed by atoms with Crippen molar-refractivity contribution in [3.8, 4) is 22.7 Å². The van der Waals surface area contributed by atoms with Gasteiger partial charge in [-0.25, -0.2) is 8.78 Å². The van der Waals surface area contributed by atoms with Gasteiger partial charge in [0.1, 0.15) is 0 Å². The number of rotatable bonds is 5. The molecule has 6 nitrogen and oxygen atoms in total. The zero-order valence-electron chi connectivity index (χ0n) is 17.4. The number of aryl methyl sites for hydroxylation is 1. The van der Waals surface area contributed by atoms with Crippen LogP contribution in [0.25, 0.3) is 38.8 Å². The predicted octanol–water partition coefficient (Wildman–Crippen LogP) is 5.35. The summed E-state index contributed by atoms with van der Waals surface area (Å²) >= 11 is 3.41. The van der Waals surface area contributed by atoms with E-state index in [9.17, 15) is 13.6 Å². The third kappa shape index (κ3) is 4.11. The van der Waals surface area contributed by atoms with Crippen molar-refractivity contribution in [2.24, 2.45) is 7.05 Å². The Morgan fingerprint density at radius 2 is 1.82 bits per heavy atom. The van der Waals surface area contributed by atoms with Gasteiger partial charge in [0.2, 0.25) is 5.88 Å². The van der Waals surface area contributed by atoms with E-state index in [-0.39, 0.29) is 11.4 Å². The van der Waals surface area contributed by atoms with Gasteiger partial charge in [-0.3, -0.25) is 14.0 Å². The van der Waals surface area contributed by atoms with Gasteiger partial charge in [-0.2, -0.15) is 10.1 Å². The van der Waals surface area contributed by atoms with E-state index in [4.69, 9.17) is 4.74 Å². The van der Waals surface area contributed by atoms with Gasteiger partial charge < -0.3 is 4.74 Å². The summed E-state index contributed by atoms with van der Waals surface area (Å²) in [5.74, 6) is 0.0255. The third-order valence-corrected chi connectivity index (χ3v) is 5.73. The van der Waals surface area contributed by atoms with Crippen molar-refractivity contribution in [3.05, 3.63) is 81.7 Å². The minimum atomic E-state index is -2.62. The molecule has 5 aromatic rings. The van der Waals surface area contributed by atoms with Crippen molar-refractivity contribution in [2.75, 3.05) is 6.61 Å². The number of nitrogens with zero attached hydrogens (tertiary/aromatic N) is 4. The number of ether oxygens (including phenoxy) is 1. The Morgan fingerprint density at radius 3 is 2.58 bits per heavy atom. The first-order chi connectivity index (χ1) is 15.9. The summed E-state index contributed by atoms with van der Waals surface area (Å²) in [6, 6.07) is 17.9. The molecule has 0 N–H and O–H groups in total. The third-order valence-electron chi connectivity index (χ3n) is 5.20. The Kier molecular flexibility index (Phi) is 5.41. The lowest BCUT2D eigenvalue weighted by molar-refractivity contribution is 0.0797. The van der Waals surface area contributed by atoms with Gasteiger partial charge in [0, 0.05) is 40.1 Å². The summed E-state index contributed by atoms with van der Waals surface area (Å²) in [5.41, 5.74) is 2.69. The Balaban J connectivity index is 1.75. The van der Waals surface area contributed by atoms with E-state index in [1.165, 1.54) is 10.6 Å². The maximum absolute atomic E-state index is 13.7. The Bertz CT molecular complexity index is 1540. The van der Waals surface area contributed by atoms with Crippen LogP contribution < -0.4 is 10.3 Å². The van der Waals surface area contributed by atoms with Crippen LogP contribution in [0.5, 0.6) is 5.88 Å². The molecular formula is C24H17BrF2N4O2. The van der Waals surface area contributed by atoms with Crippen LogP contribution in [0.1, 0.15) is 0 Å². The molecule has 3 aromatic heterocycles. The largest absolute Gasteiger partial charge is 0.472 e. The van der Waals surface area contributed by atoms with E-state index < -0.39 is 13.0 Å². The van der Waals surface area contributed by atoms with Crippen LogP contribution in [0.15, 0.2) is 76.1 Å². The van der Waals surface area contributed by atoms with Crippen LogP contribution in [0.3, 0.4) is 0 Å². The van der Waals surface area contributed by atoms with Gasteiger partial charge in [-0.05, 0) is 54.1 Å². The lowest BCUT2D eigenvalue weighted by atomic mass is 10.0. The number of alkyl halides is 2. The van der Waals surface area contributed by atoms with Gasteiger partial charge >= 0.3 is 0 Å². The minimum Gasteiger partial charge on any atom is -0.472 e. The van der Waals surface area contributed by atoms with Crippen LogP contribution in [-0.2, 0) is 7.05 Å². The van der Waals surface area contributed by atoms with E-state index in [1.54, 1.807) is 28.9 Å². The number of fused-ring (bicyclic) bond motifs is 2. The summed E-state index contributed by atoms with van der Waals surface area (Å²) in [7, 11) is 1.84. The van der Waals surface area contributed by atoms with Crippen molar-refractivity contribution in [1.29, 1.82) is 0 Å². The highest BCUT2D eigenvalue weighted by molar-refractivity contribution is 9.10. The second kappa shape index (κ2) is 8.40. The topological polar surface area (TPSA) is 61.9 Å². The van der Waals surface area contributed by atoms with Crippen molar-refractivity contribution in [2.45, 2.75) is 6.43 Å². The first-order valence-electron chi connectivity index (χ1n) is 10.1. The summed E-state index contributed by atoms with van der Waals surface area (Å²) in [6.45, 7) is -0.774. The molecule has 5 rings (SSSR count). The maximum Gasteiger partial charge on any atom is 0.272 e. The normalized spacial score (nSPS) is 11.5. The Hall–Kier alpha value is -3.59. The standard InChI is InChI=1S/C24H17BrF2N4O2/c1-30-12-16-10-14(2-8-20(16)29-30)19-11-15-3-9-22(33-13-21(26)27)28-23(15)31(24(19)32)18-6-4-17(25)5-7-18/h2-12,21H,13H2,1H3. The van der Waals surface area contributed by atoms with Crippen molar-refractivity contribution in [3.63, 3.8) is 0 Å². The predicted molar refractivity (Wildman–Crippen MR) is 126 cm³/mol. The summed E-state index contributed by atoms with van der Waals surface area (Å²) in [5, 5.41) is 5.97. The highest BCUT2D eigenvalue weighted by atomic mass is 79.9. The molecular weight excluding hydrogens is 494 g/mol. The molecule has 0 fully saturated rings. The number of hydrogen-bond donors (Lipinski definition) is 0. The molecule has 0 atom stereocenters. The van der Waals surface area contributed by atoms with Crippen LogP contribution in [-0.4, -0.2) is 32.4 Å². The first-order valence-corrected chi connectivity index (χ1v) is 10.9. The average Bonchev–Trinajstić information content (AvgIpc) is 3.17. The molecule has 0 saturated carbocycles. The van der Waals surface area contributed by atoms with Crippen LogP contribution in [0.2, 0.25) is 0 Å². The maximum atomic E-state index is 13.7. The molecule has 0 radical (unpaired) electrons. The Morgan fingerprint density at radius 1 is 1.03 bits per heavy atom. The number of pyridine rings is 2. The molecule has 0 aliphatic heterocycles. The molecule has 0 spiro atoms. The molecule has 9 heteroatoms. The Labute approximate surface area is 195 Å². The molecule has 0 amide bonds. The SMILES string of the molecule is Cn1cc2cc(-c3cc4ccc(OCC(F)F)nc4n(-c4ccc(Br)cc4)c3=O)ccc2n1. The number of aromatic nitrogens is 4. The minimum absolute atomic E-state index is 0.0255. The van der Waals surface area contributed by atoms with E-state index >= 15 is 0 Å². The molecule has 0 aliphatic carbocycles. The molecule has 0 aliphatic rings. The van der Waals surface area contributed by atoms with Crippen molar-refractivity contribution >= 4 is 37.9 Å². The summed E-state index contributed by atoms with van der Waals surface area (Å²) in [6.07, 6.45) is -0.734. The van der Waals surface area contributed by atoms with E-state index in [1.807, 2.05) is 43.6 Å². The highest BCUT2D eigenvalue weighted by Crippen LogP contribution is 2.27. The van der Waals surface area contributed by atoms with Crippen molar-refractivity contribution < 1.29 is 13.5 Å². The fourth-order valence-electron chi connectivity index (χ4n) is 3.75. The second-order valence-corrected chi connectivity index (χ2v) is 8.43. The van der Waals surface area contributed by atoms with Gasteiger partial charge in [0.25, 0.3) is 12.0 Å². The fraction of sp³-hybridized carbons (Fsp3) is 0.125. The lowest BCUT2D eigenvalue weighted by Gasteiger charge is -2.14. The molecule has 0 saturated heterocycles. The second-order valence-electron chi connectivity index (χ2n) is 7.52.